The molecule has 0 fully saturated rings. The van der Waals surface area contributed by atoms with E-state index in [4.69, 9.17) is 37.0 Å². The molecule has 19 heteroatoms. The highest BCUT2D eigenvalue weighted by atomic mass is 31.2. The molecule has 0 saturated carbocycles. The van der Waals surface area contributed by atoms with E-state index in [1.165, 1.54) is 148 Å². The predicted octanol–water partition coefficient (Wildman–Crippen LogP) is 20.1. The van der Waals surface area contributed by atoms with Gasteiger partial charge in [-0.05, 0) is 49.4 Å². The number of rotatable bonds is 68. The fourth-order valence-corrected chi connectivity index (χ4v) is 12.2. The zero-order chi connectivity index (χ0) is 66.8. The molecule has 0 aliphatic carbocycles. The average Bonchev–Trinajstić information content (AvgIpc) is 2.92. The lowest BCUT2D eigenvalue weighted by molar-refractivity contribution is -0.161. The van der Waals surface area contributed by atoms with Crippen molar-refractivity contribution in [1.82, 2.24) is 0 Å². The molecule has 0 aliphatic heterocycles. The van der Waals surface area contributed by atoms with Gasteiger partial charge in [-0.1, -0.05) is 299 Å². The van der Waals surface area contributed by atoms with E-state index < -0.39 is 97.5 Å². The molecule has 0 bridgehead atoms. The number of carbonyl (C=O) groups is 4. The van der Waals surface area contributed by atoms with Gasteiger partial charge in [-0.2, -0.15) is 0 Å². The van der Waals surface area contributed by atoms with Crippen LogP contribution in [-0.2, 0) is 65.4 Å². The summed E-state index contributed by atoms with van der Waals surface area (Å²) >= 11 is 0. The molecule has 0 saturated heterocycles. The Bertz CT molecular complexity index is 1780. The smallest absolute Gasteiger partial charge is 0.462 e. The summed E-state index contributed by atoms with van der Waals surface area (Å²) in [5, 5.41) is 10.6. The van der Waals surface area contributed by atoms with Crippen molar-refractivity contribution in [1.29, 1.82) is 0 Å². The Morgan fingerprint density at radius 1 is 0.278 bits per heavy atom. The fourth-order valence-electron chi connectivity index (χ4n) is 10.7. The summed E-state index contributed by atoms with van der Waals surface area (Å²) in [6, 6.07) is 0. The maximum Gasteiger partial charge on any atom is 0.472 e. The van der Waals surface area contributed by atoms with Gasteiger partial charge < -0.3 is 33.8 Å². The van der Waals surface area contributed by atoms with E-state index in [1.807, 2.05) is 0 Å². The zero-order valence-electron chi connectivity index (χ0n) is 58.8. The lowest BCUT2D eigenvalue weighted by Crippen LogP contribution is -2.30. The quantitative estimate of drug-likeness (QED) is 0.0222. The Kier molecular flexibility index (Phi) is 59.4. The standard InChI is InChI=1S/C71H138O17P2/c1-61(2)47-39-31-23-17-13-11-9-10-12-14-19-27-35-43-51-68(73)81-57-67(88-71(76)54-46-38-30-22-26-34-42-50-64(7)8)60-86-90(79,80)84-56-65(72)55-83-89(77,78)85-59-66(58-82-69(74)52-44-36-29-21-25-33-41-49-63(5)6)87-70(75)53-45-37-28-20-16-15-18-24-32-40-48-62(3)4/h61-67,72H,9-60H2,1-8H3,(H,77,78)(H,79,80)/t65?,66-,67-/m1/s1. The Morgan fingerprint density at radius 2 is 0.467 bits per heavy atom. The fraction of sp³-hybridized carbons (Fsp3) is 0.944. The lowest BCUT2D eigenvalue weighted by Gasteiger charge is -2.21. The molecule has 0 aromatic carbocycles. The third-order valence-electron chi connectivity index (χ3n) is 16.3. The summed E-state index contributed by atoms with van der Waals surface area (Å²) in [5.41, 5.74) is 0. The third-order valence-corrected chi connectivity index (χ3v) is 18.2. The van der Waals surface area contributed by atoms with Crippen LogP contribution in [0.25, 0.3) is 0 Å². The summed E-state index contributed by atoms with van der Waals surface area (Å²) in [5.74, 6) is 0.821. The molecule has 5 atom stereocenters. The molecular formula is C71H138O17P2. The molecule has 0 aliphatic rings. The summed E-state index contributed by atoms with van der Waals surface area (Å²) in [4.78, 5) is 72.5. The van der Waals surface area contributed by atoms with Gasteiger partial charge in [-0.15, -0.1) is 0 Å². The number of unbranched alkanes of at least 4 members (excludes halogenated alkanes) is 34. The first-order chi connectivity index (χ1) is 43.1. The van der Waals surface area contributed by atoms with Crippen LogP contribution in [0.2, 0.25) is 0 Å². The van der Waals surface area contributed by atoms with Crippen molar-refractivity contribution in [3.05, 3.63) is 0 Å². The Morgan fingerprint density at radius 3 is 0.689 bits per heavy atom. The van der Waals surface area contributed by atoms with Crippen LogP contribution in [-0.4, -0.2) is 96.7 Å². The molecule has 0 aromatic heterocycles. The van der Waals surface area contributed by atoms with Gasteiger partial charge in [0.25, 0.3) is 0 Å². The summed E-state index contributed by atoms with van der Waals surface area (Å²) in [6.45, 7) is 14.1. The van der Waals surface area contributed by atoms with E-state index >= 15 is 0 Å². The number of carbonyl (C=O) groups excluding carboxylic acids is 4. The molecule has 534 valence electrons. The van der Waals surface area contributed by atoms with Gasteiger partial charge in [0.1, 0.15) is 19.3 Å². The molecule has 0 amide bonds. The lowest BCUT2D eigenvalue weighted by atomic mass is 10.0. The summed E-state index contributed by atoms with van der Waals surface area (Å²) in [6.07, 6.45) is 43.3. The second-order valence-corrected chi connectivity index (χ2v) is 30.4. The Balaban J connectivity index is 5.21. The number of phosphoric acid groups is 2. The van der Waals surface area contributed by atoms with Gasteiger partial charge in [0.15, 0.2) is 12.2 Å². The molecule has 17 nitrogen and oxygen atoms in total. The van der Waals surface area contributed by atoms with Gasteiger partial charge in [-0.3, -0.25) is 37.3 Å². The number of aliphatic hydroxyl groups is 1. The number of aliphatic hydroxyl groups excluding tert-OH is 1. The van der Waals surface area contributed by atoms with Crippen molar-refractivity contribution >= 4 is 39.5 Å². The van der Waals surface area contributed by atoms with Crippen LogP contribution >= 0.6 is 15.6 Å². The SMILES string of the molecule is CC(C)CCCCCCCCCCCCCCCCC(=O)OC[C@H](COP(=O)(O)OCC(O)COP(=O)(O)OC[C@@H](COC(=O)CCCCCCCCCC(C)C)OC(=O)CCCCCCCCCCCCC(C)C)OC(=O)CCCCCCCCCC(C)C. The van der Waals surface area contributed by atoms with Crippen molar-refractivity contribution < 1.29 is 80.2 Å². The normalized spacial score (nSPS) is 14.3. The zero-order valence-corrected chi connectivity index (χ0v) is 60.6. The summed E-state index contributed by atoms with van der Waals surface area (Å²) in [7, 11) is -9.90. The first-order valence-electron chi connectivity index (χ1n) is 36.7. The Labute approximate surface area is 549 Å². The van der Waals surface area contributed by atoms with E-state index in [2.05, 4.69) is 55.4 Å². The maximum absolute atomic E-state index is 13.0. The van der Waals surface area contributed by atoms with Crippen molar-refractivity contribution in [2.24, 2.45) is 23.7 Å². The number of hydrogen-bond donors (Lipinski definition) is 3. The topological polar surface area (TPSA) is 237 Å². The predicted molar refractivity (Wildman–Crippen MR) is 363 cm³/mol. The second-order valence-electron chi connectivity index (χ2n) is 27.5. The third kappa shape index (κ3) is 64.8. The van der Waals surface area contributed by atoms with Crippen LogP contribution in [0.5, 0.6) is 0 Å². The molecule has 0 spiro atoms. The van der Waals surface area contributed by atoms with Crippen LogP contribution < -0.4 is 0 Å². The average molecular weight is 1330 g/mol. The molecule has 0 rings (SSSR count). The maximum atomic E-state index is 13.0. The first-order valence-corrected chi connectivity index (χ1v) is 39.7. The number of phosphoric ester groups is 2. The second kappa shape index (κ2) is 60.7. The first kappa shape index (κ1) is 88.1. The van der Waals surface area contributed by atoms with Gasteiger partial charge in [0.05, 0.1) is 26.4 Å². The van der Waals surface area contributed by atoms with E-state index in [-0.39, 0.29) is 25.7 Å². The highest BCUT2D eigenvalue weighted by Crippen LogP contribution is 2.45. The molecule has 0 aromatic rings. The van der Waals surface area contributed by atoms with Crippen molar-refractivity contribution in [2.75, 3.05) is 39.6 Å². The van der Waals surface area contributed by atoms with Crippen LogP contribution in [0, 0.1) is 23.7 Å². The monoisotopic (exact) mass is 1320 g/mol. The molecule has 3 unspecified atom stereocenters. The highest BCUT2D eigenvalue weighted by molar-refractivity contribution is 7.47. The minimum absolute atomic E-state index is 0.103. The number of hydrogen-bond acceptors (Lipinski definition) is 15. The van der Waals surface area contributed by atoms with Crippen molar-refractivity contribution in [3.63, 3.8) is 0 Å². The van der Waals surface area contributed by atoms with Crippen molar-refractivity contribution in [2.45, 2.75) is 369 Å². The van der Waals surface area contributed by atoms with E-state index in [0.717, 1.165) is 108 Å². The van der Waals surface area contributed by atoms with Gasteiger partial charge in [0.2, 0.25) is 0 Å². The van der Waals surface area contributed by atoms with Crippen LogP contribution in [0.1, 0.15) is 351 Å². The van der Waals surface area contributed by atoms with Gasteiger partial charge in [0, 0.05) is 25.7 Å². The molecular weight excluding hydrogens is 1190 g/mol. The van der Waals surface area contributed by atoms with Crippen LogP contribution in [0.3, 0.4) is 0 Å². The molecule has 90 heavy (non-hydrogen) atoms. The van der Waals surface area contributed by atoms with Crippen LogP contribution in [0.4, 0.5) is 0 Å². The summed E-state index contributed by atoms with van der Waals surface area (Å²) < 4.78 is 68.3. The number of esters is 4. The van der Waals surface area contributed by atoms with E-state index in [0.29, 0.717) is 37.5 Å². The van der Waals surface area contributed by atoms with Gasteiger partial charge >= 0.3 is 39.5 Å². The van der Waals surface area contributed by atoms with Crippen LogP contribution in [0.15, 0.2) is 0 Å². The van der Waals surface area contributed by atoms with E-state index in [1.54, 1.807) is 0 Å². The molecule has 0 heterocycles. The van der Waals surface area contributed by atoms with Crippen molar-refractivity contribution in [3.8, 4) is 0 Å². The largest absolute Gasteiger partial charge is 0.472 e. The minimum Gasteiger partial charge on any atom is -0.462 e. The molecule has 0 radical (unpaired) electrons. The Hall–Kier alpha value is -1.94. The highest BCUT2D eigenvalue weighted by Gasteiger charge is 2.30. The van der Waals surface area contributed by atoms with Gasteiger partial charge in [-0.25, -0.2) is 9.13 Å². The van der Waals surface area contributed by atoms with E-state index in [9.17, 15) is 43.2 Å². The number of ether oxygens (including phenoxy) is 4. The minimum atomic E-state index is -4.95. The molecule has 3 N–H and O–H groups in total.